The standard InChI is InChI=1S/C12H14N6O3/c1-13-11-9(3-2-4-10(11)18(20)21)12(19)14-5-7-17-8-6-15-16-17/h2-4,6,8,13H,5,7H2,1H3,(H,14,19). The molecule has 0 saturated carbocycles. The van der Waals surface area contributed by atoms with E-state index in [1.54, 1.807) is 17.1 Å². The first kappa shape index (κ1) is 14.4. The number of nitrogens with zero attached hydrogens (tertiary/aromatic N) is 4. The molecule has 0 fully saturated rings. The van der Waals surface area contributed by atoms with Gasteiger partial charge in [-0.2, -0.15) is 0 Å². The summed E-state index contributed by atoms with van der Waals surface area (Å²) in [7, 11) is 1.54. The van der Waals surface area contributed by atoms with Crippen molar-refractivity contribution in [3.05, 3.63) is 46.3 Å². The van der Waals surface area contributed by atoms with E-state index in [-0.39, 0.29) is 22.8 Å². The van der Waals surface area contributed by atoms with Crippen molar-refractivity contribution in [1.29, 1.82) is 0 Å². The number of nitro groups is 1. The summed E-state index contributed by atoms with van der Waals surface area (Å²) in [6.07, 6.45) is 3.22. The fourth-order valence-electron chi connectivity index (χ4n) is 1.88. The number of amides is 1. The van der Waals surface area contributed by atoms with Crippen LogP contribution in [0.15, 0.2) is 30.6 Å². The van der Waals surface area contributed by atoms with E-state index < -0.39 is 4.92 Å². The largest absolute Gasteiger partial charge is 0.382 e. The third kappa shape index (κ3) is 3.32. The summed E-state index contributed by atoms with van der Waals surface area (Å²) in [4.78, 5) is 22.5. The summed E-state index contributed by atoms with van der Waals surface area (Å²) < 4.78 is 1.58. The average Bonchev–Trinajstić information content (AvgIpc) is 2.99. The molecular formula is C12H14N6O3. The van der Waals surface area contributed by atoms with E-state index in [1.165, 1.54) is 25.2 Å². The molecule has 1 aromatic carbocycles. The minimum absolute atomic E-state index is 0.138. The molecule has 0 unspecified atom stereocenters. The van der Waals surface area contributed by atoms with E-state index in [2.05, 4.69) is 20.9 Å². The molecule has 2 aromatic rings. The fourth-order valence-corrected chi connectivity index (χ4v) is 1.88. The van der Waals surface area contributed by atoms with Crippen LogP contribution in [-0.4, -0.2) is 39.4 Å². The minimum Gasteiger partial charge on any atom is -0.382 e. The van der Waals surface area contributed by atoms with E-state index >= 15 is 0 Å². The molecule has 2 N–H and O–H groups in total. The zero-order valence-corrected chi connectivity index (χ0v) is 11.3. The number of benzene rings is 1. The molecular weight excluding hydrogens is 276 g/mol. The van der Waals surface area contributed by atoms with Crippen LogP contribution in [0.4, 0.5) is 11.4 Å². The molecule has 110 valence electrons. The molecule has 21 heavy (non-hydrogen) atoms. The molecule has 1 heterocycles. The van der Waals surface area contributed by atoms with Gasteiger partial charge in [0.25, 0.3) is 11.6 Å². The lowest BCUT2D eigenvalue weighted by Gasteiger charge is -2.10. The molecule has 1 aromatic heterocycles. The number of carbonyl (C=O) groups is 1. The number of rotatable bonds is 6. The number of nitro benzene ring substituents is 1. The Morgan fingerprint density at radius 3 is 2.90 bits per heavy atom. The van der Waals surface area contributed by atoms with E-state index in [0.29, 0.717) is 13.1 Å². The van der Waals surface area contributed by atoms with Gasteiger partial charge in [0.15, 0.2) is 0 Å². The lowest BCUT2D eigenvalue weighted by atomic mass is 10.1. The highest BCUT2D eigenvalue weighted by molar-refractivity contribution is 6.01. The number of nitrogens with one attached hydrogen (secondary N) is 2. The van der Waals surface area contributed by atoms with Crippen LogP contribution < -0.4 is 10.6 Å². The van der Waals surface area contributed by atoms with Gasteiger partial charge in [0.05, 0.1) is 23.2 Å². The van der Waals surface area contributed by atoms with Crippen molar-refractivity contribution in [2.24, 2.45) is 0 Å². The topological polar surface area (TPSA) is 115 Å². The lowest BCUT2D eigenvalue weighted by molar-refractivity contribution is -0.384. The second-order valence-electron chi connectivity index (χ2n) is 4.13. The summed E-state index contributed by atoms with van der Waals surface area (Å²) in [5, 5.41) is 23.8. The van der Waals surface area contributed by atoms with Crippen LogP contribution in [-0.2, 0) is 6.54 Å². The molecule has 0 aliphatic carbocycles. The molecule has 0 atom stereocenters. The maximum absolute atomic E-state index is 12.1. The van der Waals surface area contributed by atoms with Crippen molar-refractivity contribution < 1.29 is 9.72 Å². The Morgan fingerprint density at radius 2 is 2.29 bits per heavy atom. The second kappa shape index (κ2) is 6.46. The van der Waals surface area contributed by atoms with E-state index in [9.17, 15) is 14.9 Å². The fraction of sp³-hybridized carbons (Fsp3) is 0.250. The number of anilines is 1. The van der Waals surface area contributed by atoms with Gasteiger partial charge < -0.3 is 10.6 Å². The molecule has 2 rings (SSSR count). The summed E-state index contributed by atoms with van der Waals surface area (Å²) in [6.45, 7) is 0.809. The van der Waals surface area contributed by atoms with Crippen molar-refractivity contribution in [3.8, 4) is 0 Å². The second-order valence-corrected chi connectivity index (χ2v) is 4.13. The molecule has 0 bridgehead atoms. The van der Waals surface area contributed by atoms with Crippen LogP contribution in [0.25, 0.3) is 0 Å². The van der Waals surface area contributed by atoms with Crippen LogP contribution in [0.2, 0.25) is 0 Å². The average molecular weight is 290 g/mol. The number of carbonyl (C=O) groups excluding carboxylic acids is 1. The third-order valence-corrected chi connectivity index (χ3v) is 2.83. The van der Waals surface area contributed by atoms with Gasteiger partial charge in [0, 0.05) is 25.9 Å². The van der Waals surface area contributed by atoms with Crippen LogP contribution in [0.1, 0.15) is 10.4 Å². The predicted octanol–water partition coefficient (Wildman–Crippen LogP) is 0.658. The van der Waals surface area contributed by atoms with E-state index in [1.807, 2.05) is 0 Å². The smallest absolute Gasteiger partial charge is 0.293 e. The van der Waals surface area contributed by atoms with Crippen LogP contribution >= 0.6 is 0 Å². The quantitative estimate of drug-likeness (QED) is 0.596. The molecule has 1 amide bonds. The predicted molar refractivity (Wildman–Crippen MR) is 75.0 cm³/mol. The molecule has 0 aliphatic heterocycles. The van der Waals surface area contributed by atoms with Crippen molar-refractivity contribution in [2.45, 2.75) is 6.54 Å². The first-order valence-corrected chi connectivity index (χ1v) is 6.21. The van der Waals surface area contributed by atoms with Gasteiger partial charge in [-0.15, -0.1) is 5.10 Å². The summed E-state index contributed by atoms with van der Waals surface area (Å²) in [6, 6.07) is 4.35. The molecule has 9 nitrogen and oxygen atoms in total. The van der Waals surface area contributed by atoms with Crippen LogP contribution in [0.5, 0.6) is 0 Å². The third-order valence-electron chi connectivity index (χ3n) is 2.83. The van der Waals surface area contributed by atoms with Gasteiger partial charge in [-0.25, -0.2) is 0 Å². The Morgan fingerprint density at radius 1 is 1.48 bits per heavy atom. The van der Waals surface area contributed by atoms with Gasteiger partial charge in [-0.3, -0.25) is 19.6 Å². The van der Waals surface area contributed by atoms with Crippen molar-refractivity contribution in [3.63, 3.8) is 0 Å². The maximum Gasteiger partial charge on any atom is 0.293 e. The van der Waals surface area contributed by atoms with Gasteiger partial charge in [0.2, 0.25) is 0 Å². The molecule has 9 heteroatoms. The number of para-hydroxylation sites is 1. The van der Waals surface area contributed by atoms with Crippen LogP contribution in [0.3, 0.4) is 0 Å². The molecule has 0 aliphatic rings. The Kier molecular flexibility index (Phi) is 4.44. The van der Waals surface area contributed by atoms with Gasteiger partial charge >= 0.3 is 0 Å². The van der Waals surface area contributed by atoms with Gasteiger partial charge in [-0.05, 0) is 6.07 Å². The Hall–Kier alpha value is -2.97. The maximum atomic E-state index is 12.1. The SMILES string of the molecule is CNc1c(C(=O)NCCn2ccnn2)cccc1[N+](=O)[O-]. The summed E-state index contributed by atoms with van der Waals surface area (Å²) in [5.74, 6) is -0.386. The van der Waals surface area contributed by atoms with E-state index in [4.69, 9.17) is 0 Å². The normalized spacial score (nSPS) is 10.1. The molecule has 0 spiro atoms. The van der Waals surface area contributed by atoms with E-state index in [0.717, 1.165) is 0 Å². The van der Waals surface area contributed by atoms with Gasteiger partial charge in [0.1, 0.15) is 5.69 Å². The minimum atomic E-state index is -0.530. The lowest BCUT2D eigenvalue weighted by Crippen LogP contribution is -2.28. The number of aromatic nitrogens is 3. The zero-order chi connectivity index (χ0) is 15.2. The number of hydrogen-bond acceptors (Lipinski definition) is 6. The highest BCUT2D eigenvalue weighted by Crippen LogP contribution is 2.27. The van der Waals surface area contributed by atoms with Crippen molar-refractivity contribution >= 4 is 17.3 Å². The van der Waals surface area contributed by atoms with Gasteiger partial charge in [-0.1, -0.05) is 11.3 Å². The Balaban J connectivity index is 2.08. The highest BCUT2D eigenvalue weighted by Gasteiger charge is 2.20. The summed E-state index contributed by atoms with van der Waals surface area (Å²) in [5.41, 5.74) is 0.285. The summed E-state index contributed by atoms with van der Waals surface area (Å²) >= 11 is 0. The van der Waals surface area contributed by atoms with Crippen molar-refractivity contribution in [1.82, 2.24) is 20.3 Å². The zero-order valence-electron chi connectivity index (χ0n) is 11.3. The van der Waals surface area contributed by atoms with Crippen LogP contribution in [0, 0.1) is 10.1 Å². The highest BCUT2D eigenvalue weighted by atomic mass is 16.6. The van der Waals surface area contributed by atoms with Crippen molar-refractivity contribution in [2.75, 3.05) is 18.9 Å². The first-order valence-electron chi connectivity index (χ1n) is 6.21. The number of hydrogen-bond donors (Lipinski definition) is 2. The molecule has 0 saturated heterocycles. The monoisotopic (exact) mass is 290 g/mol. The first-order chi connectivity index (χ1) is 10.1. The Bertz CT molecular complexity index is 640. The molecule has 0 radical (unpaired) electrons. The Labute approximate surface area is 120 Å².